The van der Waals surface area contributed by atoms with E-state index in [1.54, 1.807) is 42.8 Å². The molecule has 2 N–H and O–H groups in total. The number of hydrogen-bond acceptors (Lipinski definition) is 9. The van der Waals surface area contributed by atoms with Gasteiger partial charge in [-0.3, -0.25) is 0 Å². The summed E-state index contributed by atoms with van der Waals surface area (Å²) in [6.07, 6.45) is -0.905. The van der Waals surface area contributed by atoms with Gasteiger partial charge in [0.25, 0.3) is 20.0 Å². The van der Waals surface area contributed by atoms with E-state index in [9.17, 15) is 26.4 Å². The fraction of sp³-hybridized carbons (Fsp3) is 0.214. The molecule has 1 unspecified atom stereocenters. The maximum absolute atomic E-state index is 12.5. The smallest absolute Gasteiger partial charge is 0.421 e. The SMILES string of the molecule is Cc1ccc(S(=O)(=O)NC(=O)OC/C=C\C(COCc2ccccc2)OC(=O)NS(=O)(=O)c2ccc(C)cc2)cc1. The molecule has 3 aromatic rings. The van der Waals surface area contributed by atoms with Gasteiger partial charge in [0, 0.05) is 0 Å². The van der Waals surface area contributed by atoms with E-state index in [1.165, 1.54) is 36.4 Å². The highest BCUT2D eigenvalue weighted by atomic mass is 32.2. The third-order valence-electron chi connectivity index (χ3n) is 5.41. The number of sulfonamides is 2. The van der Waals surface area contributed by atoms with Gasteiger partial charge < -0.3 is 14.2 Å². The largest absolute Gasteiger partial charge is 0.445 e. The van der Waals surface area contributed by atoms with Crippen LogP contribution in [0.1, 0.15) is 16.7 Å². The van der Waals surface area contributed by atoms with Crippen LogP contribution in [0.4, 0.5) is 9.59 Å². The minimum atomic E-state index is -4.19. The Morgan fingerprint density at radius 2 is 1.27 bits per heavy atom. The van der Waals surface area contributed by atoms with E-state index >= 15 is 0 Å². The van der Waals surface area contributed by atoms with Gasteiger partial charge in [-0.2, -0.15) is 0 Å². The molecule has 11 nitrogen and oxygen atoms in total. The Balaban J connectivity index is 1.58. The van der Waals surface area contributed by atoms with Gasteiger partial charge in [0.1, 0.15) is 12.7 Å². The second-order valence-electron chi connectivity index (χ2n) is 8.81. The lowest BCUT2D eigenvalue weighted by atomic mass is 10.2. The first-order valence-corrected chi connectivity index (χ1v) is 15.3. The van der Waals surface area contributed by atoms with E-state index < -0.39 is 38.3 Å². The number of hydrogen-bond donors (Lipinski definition) is 2. The summed E-state index contributed by atoms with van der Waals surface area (Å²) in [5.74, 6) is 0. The highest BCUT2D eigenvalue weighted by Gasteiger charge is 2.21. The Labute approximate surface area is 239 Å². The number of aryl methyl sites for hydroxylation is 2. The highest BCUT2D eigenvalue weighted by Crippen LogP contribution is 2.12. The molecule has 0 fully saturated rings. The normalized spacial score (nSPS) is 12.4. The summed E-state index contributed by atoms with van der Waals surface area (Å²) in [6, 6.07) is 20.9. The van der Waals surface area contributed by atoms with Gasteiger partial charge in [-0.1, -0.05) is 65.7 Å². The van der Waals surface area contributed by atoms with E-state index in [4.69, 9.17) is 14.2 Å². The molecule has 0 aliphatic carbocycles. The van der Waals surface area contributed by atoms with Crippen molar-refractivity contribution in [3.05, 3.63) is 108 Å². The molecule has 0 bridgehead atoms. The summed E-state index contributed by atoms with van der Waals surface area (Å²) in [5, 5.41) is 0. The molecule has 0 aliphatic heterocycles. The van der Waals surface area contributed by atoms with Crippen molar-refractivity contribution in [3.8, 4) is 0 Å². The standard InChI is InChI=1S/C28H30N2O9S2/c1-21-10-14-25(15-11-21)40(33,34)29-27(31)38-18-6-9-24(20-37-19-23-7-4-3-5-8-23)39-28(32)30-41(35,36)26-16-12-22(2)13-17-26/h3-17,24H,18-20H2,1-2H3,(H,29,31)(H,30,32)/b9-6-. The summed E-state index contributed by atoms with van der Waals surface area (Å²) >= 11 is 0. The second kappa shape index (κ2) is 14.4. The van der Waals surface area contributed by atoms with Crippen LogP contribution in [0, 0.1) is 13.8 Å². The molecule has 41 heavy (non-hydrogen) atoms. The van der Waals surface area contributed by atoms with Crippen LogP contribution in [0.15, 0.2) is 101 Å². The van der Waals surface area contributed by atoms with Crippen LogP contribution in [0.2, 0.25) is 0 Å². The van der Waals surface area contributed by atoms with Crippen molar-refractivity contribution in [1.82, 2.24) is 9.44 Å². The molecule has 3 aromatic carbocycles. The Hall–Kier alpha value is -4.20. The fourth-order valence-corrected chi connectivity index (χ4v) is 5.06. The molecule has 0 aliphatic rings. The molecule has 13 heteroatoms. The fourth-order valence-electron chi connectivity index (χ4n) is 3.29. The molecule has 1 atom stereocenters. The summed E-state index contributed by atoms with van der Waals surface area (Å²) < 4.78 is 69.1. The van der Waals surface area contributed by atoms with E-state index in [-0.39, 0.29) is 29.6 Å². The zero-order valence-corrected chi connectivity index (χ0v) is 24.0. The molecule has 218 valence electrons. The minimum Gasteiger partial charge on any atom is -0.445 e. The number of carbonyl (C=O) groups is 2. The van der Waals surface area contributed by atoms with Crippen molar-refractivity contribution in [1.29, 1.82) is 0 Å². The number of amides is 2. The van der Waals surface area contributed by atoms with Crippen LogP contribution in [-0.2, 0) is 40.9 Å². The Morgan fingerprint density at radius 3 is 1.80 bits per heavy atom. The molecule has 0 spiro atoms. The molecule has 0 saturated carbocycles. The lowest BCUT2D eigenvalue weighted by Crippen LogP contribution is -2.35. The van der Waals surface area contributed by atoms with Crippen LogP contribution in [0.5, 0.6) is 0 Å². The van der Waals surface area contributed by atoms with Crippen molar-refractivity contribution in [3.63, 3.8) is 0 Å². The molecule has 0 radical (unpaired) electrons. The molecule has 2 amide bonds. The number of nitrogens with one attached hydrogen (secondary N) is 2. The van der Waals surface area contributed by atoms with Crippen molar-refractivity contribution in [2.75, 3.05) is 13.2 Å². The predicted octanol–water partition coefficient (Wildman–Crippen LogP) is 3.98. The maximum Gasteiger partial charge on any atom is 0.421 e. The predicted molar refractivity (Wildman–Crippen MR) is 150 cm³/mol. The van der Waals surface area contributed by atoms with Crippen LogP contribution in [0.25, 0.3) is 0 Å². The first kappa shape index (κ1) is 31.3. The second-order valence-corrected chi connectivity index (χ2v) is 12.2. The Kier molecular flexibility index (Phi) is 11.0. The Bertz CT molecular complexity index is 1550. The van der Waals surface area contributed by atoms with Gasteiger partial charge in [0.15, 0.2) is 0 Å². The lowest BCUT2D eigenvalue weighted by molar-refractivity contribution is 0.0357. The maximum atomic E-state index is 12.5. The average Bonchev–Trinajstić information content (AvgIpc) is 2.91. The van der Waals surface area contributed by atoms with Gasteiger partial charge in [-0.25, -0.2) is 35.9 Å². The summed E-state index contributed by atoms with van der Waals surface area (Å²) in [6.45, 7) is 3.24. The minimum absolute atomic E-state index is 0.105. The number of ether oxygens (including phenoxy) is 3. The van der Waals surface area contributed by atoms with Gasteiger partial charge in [-0.15, -0.1) is 0 Å². The third kappa shape index (κ3) is 10.4. The topological polar surface area (TPSA) is 154 Å². The van der Waals surface area contributed by atoms with Crippen molar-refractivity contribution in [2.24, 2.45) is 0 Å². The van der Waals surface area contributed by atoms with Gasteiger partial charge in [0.2, 0.25) is 0 Å². The van der Waals surface area contributed by atoms with E-state index in [0.29, 0.717) is 0 Å². The first-order chi connectivity index (χ1) is 19.4. The lowest BCUT2D eigenvalue weighted by Gasteiger charge is -2.16. The summed E-state index contributed by atoms with van der Waals surface area (Å²) in [7, 11) is -8.32. The summed E-state index contributed by atoms with van der Waals surface area (Å²) in [5.41, 5.74) is 2.55. The third-order valence-corrected chi connectivity index (χ3v) is 8.07. The molecular weight excluding hydrogens is 572 g/mol. The monoisotopic (exact) mass is 602 g/mol. The molecular formula is C28H30N2O9S2. The first-order valence-electron chi connectivity index (χ1n) is 12.3. The molecule has 0 aromatic heterocycles. The highest BCUT2D eigenvalue weighted by molar-refractivity contribution is 7.90. The van der Waals surface area contributed by atoms with Crippen LogP contribution in [0.3, 0.4) is 0 Å². The average molecular weight is 603 g/mol. The zero-order chi connectivity index (χ0) is 29.9. The quantitative estimate of drug-likeness (QED) is 0.293. The van der Waals surface area contributed by atoms with Crippen molar-refractivity contribution in [2.45, 2.75) is 36.3 Å². The van der Waals surface area contributed by atoms with Gasteiger partial charge in [-0.05, 0) is 55.8 Å². The number of carbonyl (C=O) groups excluding carboxylic acids is 2. The van der Waals surface area contributed by atoms with E-state index in [0.717, 1.165) is 16.7 Å². The van der Waals surface area contributed by atoms with E-state index in [2.05, 4.69) is 0 Å². The van der Waals surface area contributed by atoms with Crippen LogP contribution < -0.4 is 9.44 Å². The number of benzene rings is 3. The summed E-state index contributed by atoms with van der Waals surface area (Å²) in [4.78, 5) is 24.2. The van der Waals surface area contributed by atoms with Crippen molar-refractivity contribution < 1.29 is 40.6 Å². The van der Waals surface area contributed by atoms with E-state index in [1.807, 2.05) is 35.1 Å². The van der Waals surface area contributed by atoms with Gasteiger partial charge >= 0.3 is 12.2 Å². The Morgan fingerprint density at radius 1 is 0.756 bits per heavy atom. The zero-order valence-electron chi connectivity index (χ0n) is 22.3. The van der Waals surface area contributed by atoms with Crippen LogP contribution >= 0.6 is 0 Å². The molecule has 0 heterocycles. The molecule has 0 saturated heterocycles. The van der Waals surface area contributed by atoms with Crippen LogP contribution in [-0.4, -0.2) is 48.3 Å². The van der Waals surface area contributed by atoms with Crippen molar-refractivity contribution >= 4 is 32.2 Å². The van der Waals surface area contributed by atoms with Gasteiger partial charge in [0.05, 0.1) is 23.0 Å². The molecule has 3 rings (SSSR count). The number of rotatable bonds is 12.